The summed E-state index contributed by atoms with van der Waals surface area (Å²) in [5, 5.41) is 8.47. The smallest absolute Gasteiger partial charge is 0.199 e. The third kappa shape index (κ3) is 5.18. The normalized spacial score (nSPS) is 35.1. The summed E-state index contributed by atoms with van der Waals surface area (Å²) >= 11 is 0. The van der Waals surface area contributed by atoms with E-state index in [-0.39, 0.29) is 5.60 Å². The second-order valence-electron chi connectivity index (χ2n) is 7.66. The molecule has 0 aromatic carbocycles. The highest BCUT2D eigenvalue weighted by atomic mass is 19.1. The number of nitriles is 1. The van der Waals surface area contributed by atoms with E-state index in [9.17, 15) is 4.39 Å². The van der Waals surface area contributed by atoms with E-state index in [1.165, 1.54) is 63.5 Å². The first-order valence-electron chi connectivity index (χ1n) is 9.62. The number of hydrogen-bond donors (Lipinski definition) is 0. The zero-order valence-electron chi connectivity index (χ0n) is 15.3. The van der Waals surface area contributed by atoms with Crippen LogP contribution in [0.25, 0.3) is 0 Å². The van der Waals surface area contributed by atoms with Crippen LogP contribution in [0.4, 0.5) is 4.39 Å². The Labute approximate surface area is 146 Å². The number of nitrogens with zero attached hydrogens (tertiary/aromatic N) is 1. The molecule has 0 aromatic rings. The molecule has 0 aliphatic heterocycles. The van der Waals surface area contributed by atoms with E-state index in [0.29, 0.717) is 0 Å². The van der Waals surface area contributed by atoms with Crippen molar-refractivity contribution in [3.63, 3.8) is 0 Å². The number of rotatable bonds is 6. The molecule has 0 atom stereocenters. The Hall–Kier alpha value is -1.14. The summed E-state index contributed by atoms with van der Waals surface area (Å²) in [6.45, 7) is 2.29. The largest absolute Gasteiger partial charge is 0.374 e. The average Bonchev–Trinajstić information content (AvgIpc) is 2.63. The highest BCUT2D eigenvalue weighted by Gasteiger charge is 2.36. The fraction of sp³-hybridized carbons (Fsp3) is 0.762. The minimum atomic E-state index is -0.755. The van der Waals surface area contributed by atoms with Crippen molar-refractivity contribution in [2.24, 2.45) is 17.8 Å². The van der Waals surface area contributed by atoms with Gasteiger partial charge >= 0.3 is 0 Å². The second-order valence-corrected chi connectivity index (χ2v) is 7.66. The number of methoxy groups -OCH3 is 1. The van der Waals surface area contributed by atoms with Crippen LogP contribution < -0.4 is 0 Å². The van der Waals surface area contributed by atoms with Gasteiger partial charge in [-0.15, -0.1) is 0 Å². The van der Waals surface area contributed by atoms with Crippen LogP contribution in [0.5, 0.6) is 0 Å². The van der Waals surface area contributed by atoms with Crippen molar-refractivity contribution in [1.29, 1.82) is 5.26 Å². The molecular weight excluding hydrogens is 301 g/mol. The van der Waals surface area contributed by atoms with E-state index >= 15 is 0 Å². The molecule has 0 bridgehead atoms. The molecule has 2 aliphatic carbocycles. The maximum Gasteiger partial charge on any atom is 0.199 e. The summed E-state index contributed by atoms with van der Waals surface area (Å²) in [4.78, 5) is 0. The van der Waals surface area contributed by atoms with Gasteiger partial charge in [0.25, 0.3) is 0 Å². The van der Waals surface area contributed by atoms with E-state index < -0.39 is 5.83 Å². The second kappa shape index (κ2) is 9.37. The first-order valence-corrected chi connectivity index (χ1v) is 9.62. The SMILES string of the molecule is CCC[C@H]1CC[C@H]([C@H]2CC[C@@](C=CC=C(F)C#N)(OC)CC2)CC1. The van der Waals surface area contributed by atoms with Crippen LogP contribution in [0.15, 0.2) is 24.1 Å². The summed E-state index contributed by atoms with van der Waals surface area (Å²) in [6, 6.07) is 1.50. The number of ether oxygens (including phenoxy) is 1. The minimum Gasteiger partial charge on any atom is -0.374 e. The summed E-state index contributed by atoms with van der Waals surface area (Å²) in [6.07, 6.45) is 17.6. The molecular formula is C21H32FNO. The van der Waals surface area contributed by atoms with Crippen molar-refractivity contribution in [3.05, 3.63) is 24.1 Å². The lowest BCUT2D eigenvalue weighted by atomic mass is 9.67. The molecule has 0 heterocycles. The van der Waals surface area contributed by atoms with Gasteiger partial charge in [-0.3, -0.25) is 0 Å². The van der Waals surface area contributed by atoms with Crippen LogP contribution in [-0.2, 0) is 4.74 Å². The van der Waals surface area contributed by atoms with Crippen molar-refractivity contribution < 1.29 is 9.13 Å². The van der Waals surface area contributed by atoms with Crippen molar-refractivity contribution in [3.8, 4) is 6.07 Å². The third-order valence-corrected chi connectivity index (χ3v) is 6.29. The zero-order chi connectivity index (χ0) is 17.4. The van der Waals surface area contributed by atoms with Gasteiger partial charge in [0.2, 0.25) is 0 Å². The molecule has 0 saturated heterocycles. The molecule has 134 valence electrons. The monoisotopic (exact) mass is 333 g/mol. The van der Waals surface area contributed by atoms with Gasteiger partial charge in [0.05, 0.1) is 5.60 Å². The van der Waals surface area contributed by atoms with Gasteiger partial charge in [-0.1, -0.05) is 44.8 Å². The minimum absolute atomic E-state index is 0.276. The van der Waals surface area contributed by atoms with Crippen LogP contribution in [0.1, 0.15) is 71.1 Å². The molecule has 2 rings (SSSR count). The molecule has 0 amide bonds. The Kier molecular flexibility index (Phi) is 7.49. The lowest BCUT2D eigenvalue weighted by molar-refractivity contribution is -0.0201. The summed E-state index contributed by atoms with van der Waals surface area (Å²) in [7, 11) is 1.74. The van der Waals surface area contributed by atoms with E-state index in [1.54, 1.807) is 13.2 Å². The van der Waals surface area contributed by atoms with Crippen molar-refractivity contribution >= 4 is 0 Å². The molecule has 2 aliphatic rings. The summed E-state index contributed by atoms with van der Waals surface area (Å²) < 4.78 is 18.7. The standard InChI is InChI=1S/C21H32FNO/c1-3-5-17-7-9-18(10-8-17)19-11-14-21(24-2,15-12-19)13-4-6-20(22)16-23/h4,6,13,17-19H,3,5,7-12,14-15H2,1-2H3/t17-,18-,19-,21+. The molecule has 2 nitrogen and oxygen atoms in total. The lowest BCUT2D eigenvalue weighted by Crippen LogP contribution is -2.36. The van der Waals surface area contributed by atoms with Crippen LogP contribution in [-0.4, -0.2) is 12.7 Å². The van der Waals surface area contributed by atoms with Crippen LogP contribution in [0.2, 0.25) is 0 Å². The molecule has 3 heteroatoms. The maximum absolute atomic E-state index is 12.9. The van der Waals surface area contributed by atoms with E-state index in [0.717, 1.165) is 30.6 Å². The van der Waals surface area contributed by atoms with E-state index in [4.69, 9.17) is 10.00 Å². The van der Waals surface area contributed by atoms with Gasteiger partial charge in [0, 0.05) is 7.11 Å². The maximum atomic E-state index is 12.9. The molecule has 24 heavy (non-hydrogen) atoms. The van der Waals surface area contributed by atoms with Gasteiger partial charge in [-0.05, 0) is 62.4 Å². The predicted molar refractivity (Wildman–Crippen MR) is 96.0 cm³/mol. The van der Waals surface area contributed by atoms with Gasteiger partial charge in [-0.25, -0.2) is 0 Å². The molecule has 0 aromatic heterocycles. The third-order valence-electron chi connectivity index (χ3n) is 6.29. The Balaban J connectivity index is 1.84. The van der Waals surface area contributed by atoms with Crippen LogP contribution in [0.3, 0.4) is 0 Å². The number of halogens is 1. The molecule has 2 saturated carbocycles. The van der Waals surface area contributed by atoms with Crippen molar-refractivity contribution in [1.82, 2.24) is 0 Å². The highest BCUT2D eigenvalue weighted by Crippen LogP contribution is 2.44. The van der Waals surface area contributed by atoms with Crippen molar-refractivity contribution in [2.45, 2.75) is 76.7 Å². The van der Waals surface area contributed by atoms with Gasteiger partial charge in [0.15, 0.2) is 5.83 Å². The van der Waals surface area contributed by atoms with Gasteiger partial charge in [0.1, 0.15) is 6.07 Å². The number of hydrogen-bond acceptors (Lipinski definition) is 2. The first kappa shape index (κ1) is 19.2. The topological polar surface area (TPSA) is 33.0 Å². The average molecular weight is 333 g/mol. The predicted octanol–water partition coefficient (Wildman–Crippen LogP) is 6.10. The Morgan fingerprint density at radius 1 is 1.17 bits per heavy atom. The lowest BCUT2D eigenvalue weighted by Gasteiger charge is -2.41. The molecule has 2 fully saturated rings. The first-order chi connectivity index (χ1) is 11.6. The zero-order valence-corrected chi connectivity index (χ0v) is 15.3. The Bertz CT molecular complexity index is 475. The quantitative estimate of drug-likeness (QED) is 0.434. The fourth-order valence-corrected chi connectivity index (χ4v) is 4.74. The molecule has 0 radical (unpaired) electrons. The van der Waals surface area contributed by atoms with E-state index in [1.807, 2.05) is 6.08 Å². The molecule has 0 spiro atoms. The molecule has 0 N–H and O–H groups in total. The molecule has 0 unspecified atom stereocenters. The Morgan fingerprint density at radius 3 is 2.33 bits per heavy atom. The van der Waals surface area contributed by atoms with Crippen LogP contribution >= 0.6 is 0 Å². The van der Waals surface area contributed by atoms with Gasteiger partial charge in [-0.2, -0.15) is 9.65 Å². The number of allylic oxidation sites excluding steroid dienone is 3. The van der Waals surface area contributed by atoms with E-state index in [2.05, 4.69) is 6.92 Å². The van der Waals surface area contributed by atoms with Crippen LogP contribution in [0, 0.1) is 29.1 Å². The van der Waals surface area contributed by atoms with Crippen molar-refractivity contribution in [2.75, 3.05) is 7.11 Å². The summed E-state index contributed by atoms with van der Waals surface area (Å²) in [5.74, 6) is 1.94. The van der Waals surface area contributed by atoms with Gasteiger partial charge < -0.3 is 4.74 Å². The summed E-state index contributed by atoms with van der Waals surface area (Å²) in [5.41, 5.74) is -0.276. The fourth-order valence-electron chi connectivity index (χ4n) is 4.74. The Morgan fingerprint density at radius 2 is 1.79 bits per heavy atom. The highest BCUT2D eigenvalue weighted by molar-refractivity contribution is 5.21.